The molecule has 1 saturated carbocycles. The fourth-order valence-corrected chi connectivity index (χ4v) is 6.09. The van der Waals surface area contributed by atoms with E-state index in [4.69, 9.17) is 9.98 Å². The number of pyridine rings is 1. The van der Waals surface area contributed by atoms with E-state index in [1.807, 2.05) is 18.3 Å². The maximum atomic E-state index is 11.9. The van der Waals surface area contributed by atoms with Gasteiger partial charge < -0.3 is 10.6 Å². The molecule has 5 heteroatoms. The number of carbonyl (C=O) groups is 1. The van der Waals surface area contributed by atoms with Crippen molar-refractivity contribution in [1.29, 1.82) is 0 Å². The van der Waals surface area contributed by atoms with E-state index in [9.17, 15) is 4.79 Å². The largest absolute Gasteiger partial charge is 0.361 e. The molecule has 1 amide bonds. The Hall–Kier alpha value is -3.99. The maximum absolute atomic E-state index is 11.9. The molecule has 5 nitrogen and oxygen atoms in total. The summed E-state index contributed by atoms with van der Waals surface area (Å²) in [6.45, 7) is 0.600. The number of carbonyl (C=O) groups excluding carboxylic acids is 1. The van der Waals surface area contributed by atoms with Crippen molar-refractivity contribution in [3.05, 3.63) is 107 Å². The summed E-state index contributed by atoms with van der Waals surface area (Å²) in [7, 11) is 0. The number of aliphatic imine (C=N–C) groups is 1. The molecule has 0 spiro atoms. The summed E-state index contributed by atoms with van der Waals surface area (Å²) in [5, 5.41) is 6.45. The normalized spacial score (nSPS) is 22.5. The van der Waals surface area contributed by atoms with E-state index in [-0.39, 0.29) is 18.0 Å². The maximum Gasteiger partial charge on any atom is 0.251 e. The van der Waals surface area contributed by atoms with Gasteiger partial charge in [0.25, 0.3) is 5.91 Å². The van der Waals surface area contributed by atoms with E-state index < -0.39 is 0 Å². The van der Waals surface area contributed by atoms with Gasteiger partial charge in [0.05, 0.1) is 17.8 Å². The second-order valence-electron chi connectivity index (χ2n) is 10.6. The minimum Gasteiger partial charge on any atom is -0.361 e. The summed E-state index contributed by atoms with van der Waals surface area (Å²) in [5.41, 5.74) is 8.71. The van der Waals surface area contributed by atoms with Crippen LogP contribution in [0.4, 0.5) is 0 Å². The Balaban J connectivity index is 1.07. The van der Waals surface area contributed by atoms with Gasteiger partial charge >= 0.3 is 0 Å². The Bertz CT molecular complexity index is 1440. The van der Waals surface area contributed by atoms with Crippen molar-refractivity contribution in [2.24, 2.45) is 4.99 Å². The molecule has 3 aromatic rings. The highest BCUT2D eigenvalue weighted by atomic mass is 16.1. The van der Waals surface area contributed by atoms with Crippen molar-refractivity contribution >= 4 is 17.3 Å². The Morgan fingerprint density at radius 2 is 1.68 bits per heavy atom. The summed E-state index contributed by atoms with van der Waals surface area (Å²) < 4.78 is 0. The van der Waals surface area contributed by atoms with Crippen molar-refractivity contribution in [3.8, 4) is 11.3 Å². The smallest absolute Gasteiger partial charge is 0.251 e. The zero-order valence-electron chi connectivity index (χ0n) is 20.8. The van der Waals surface area contributed by atoms with E-state index >= 15 is 0 Å². The summed E-state index contributed by atoms with van der Waals surface area (Å²) in [6, 6.07) is 19.5. The van der Waals surface area contributed by atoms with Crippen molar-refractivity contribution in [3.63, 3.8) is 0 Å². The molecule has 37 heavy (non-hydrogen) atoms. The first-order valence-corrected chi connectivity index (χ1v) is 13.4. The third kappa shape index (κ3) is 4.18. The van der Waals surface area contributed by atoms with Crippen LogP contribution in [-0.4, -0.2) is 28.8 Å². The van der Waals surface area contributed by atoms with Crippen LogP contribution in [0.2, 0.25) is 0 Å². The second kappa shape index (κ2) is 9.15. The van der Waals surface area contributed by atoms with Crippen LogP contribution in [0, 0.1) is 0 Å². The molecule has 0 bridgehead atoms. The zero-order chi connectivity index (χ0) is 24.8. The van der Waals surface area contributed by atoms with E-state index in [0.29, 0.717) is 6.54 Å². The highest BCUT2D eigenvalue weighted by molar-refractivity contribution is 6.01. The Labute approximate surface area is 217 Å². The molecule has 2 aliphatic carbocycles. The SMILES string of the molecule is O=C1NCc2cc(C3=CC4N=C(c5ccc(-c6ccc(C7CCCCC7)cc6)nc5)NC4C=C3)ccc21. The molecule has 2 unspecified atom stereocenters. The molecule has 0 radical (unpaired) electrons. The third-order valence-electron chi connectivity index (χ3n) is 8.23. The molecule has 2 atom stereocenters. The molecular formula is C32H30N4O. The Morgan fingerprint density at radius 3 is 2.49 bits per heavy atom. The topological polar surface area (TPSA) is 66.4 Å². The molecule has 1 fully saturated rings. The predicted octanol–water partition coefficient (Wildman–Crippen LogP) is 5.78. The van der Waals surface area contributed by atoms with Gasteiger partial charge in [0.15, 0.2) is 0 Å². The Kier molecular flexibility index (Phi) is 5.49. The van der Waals surface area contributed by atoms with Gasteiger partial charge in [-0.3, -0.25) is 14.8 Å². The number of hydrogen-bond acceptors (Lipinski definition) is 4. The number of rotatable bonds is 4. The quantitative estimate of drug-likeness (QED) is 0.491. The molecule has 4 aliphatic rings. The van der Waals surface area contributed by atoms with Crippen LogP contribution in [0.5, 0.6) is 0 Å². The molecule has 2 N–H and O–H groups in total. The van der Waals surface area contributed by atoms with Crippen molar-refractivity contribution in [2.75, 3.05) is 0 Å². The minimum absolute atomic E-state index is 0.0140. The van der Waals surface area contributed by atoms with Gasteiger partial charge in [-0.2, -0.15) is 0 Å². The fourth-order valence-electron chi connectivity index (χ4n) is 6.09. The summed E-state index contributed by atoms with van der Waals surface area (Å²) >= 11 is 0. The van der Waals surface area contributed by atoms with E-state index in [2.05, 4.69) is 71.3 Å². The lowest BCUT2D eigenvalue weighted by Gasteiger charge is -2.22. The molecule has 2 aromatic carbocycles. The van der Waals surface area contributed by atoms with Gasteiger partial charge in [-0.1, -0.05) is 61.7 Å². The number of amidine groups is 1. The van der Waals surface area contributed by atoms with Gasteiger partial charge in [-0.25, -0.2) is 0 Å². The number of hydrogen-bond donors (Lipinski definition) is 2. The molecule has 1 aromatic heterocycles. The lowest BCUT2D eigenvalue weighted by atomic mass is 9.84. The number of allylic oxidation sites excluding steroid dienone is 2. The van der Waals surface area contributed by atoms with Gasteiger partial charge in [-0.05, 0) is 71.4 Å². The first-order chi connectivity index (χ1) is 18.2. The van der Waals surface area contributed by atoms with Gasteiger partial charge in [0, 0.05) is 29.4 Å². The van der Waals surface area contributed by atoms with Crippen LogP contribution in [0.1, 0.15) is 70.6 Å². The predicted molar refractivity (Wildman–Crippen MR) is 147 cm³/mol. The molecule has 2 aliphatic heterocycles. The number of benzene rings is 2. The Morgan fingerprint density at radius 1 is 0.865 bits per heavy atom. The van der Waals surface area contributed by atoms with Crippen LogP contribution in [0.25, 0.3) is 16.8 Å². The molecule has 0 saturated heterocycles. The van der Waals surface area contributed by atoms with Gasteiger partial charge in [0.1, 0.15) is 5.84 Å². The summed E-state index contributed by atoms with van der Waals surface area (Å²) in [6.07, 6.45) is 15.2. The molecular weight excluding hydrogens is 456 g/mol. The summed E-state index contributed by atoms with van der Waals surface area (Å²) in [4.78, 5) is 21.6. The second-order valence-corrected chi connectivity index (χ2v) is 10.6. The van der Waals surface area contributed by atoms with Gasteiger partial charge in [-0.15, -0.1) is 0 Å². The van der Waals surface area contributed by atoms with Crippen molar-refractivity contribution in [2.45, 2.75) is 56.7 Å². The van der Waals surface area contributed by atoms with Crippen LogP contribution in [-0.2, 0) is 6.54 Å². The first kappa shape index (κ1) is 22.2. The number of nitrogens with zero attached hydrogens (tertiary/aromatic N) is 2. The molecule has 184 valence electrons. The first-order valence-electron chi connectivity index (χ1n) is 13.4. The van der Waals surface area contributed by atoms with E-state index in [1.54, 1.807) is 0 Å². The molecule has 7 rings (SSSR count). The summed E-state index contributed by atoms with van der Waals surface area (Å²) in [5.74, 6) is 1.62. The highest BCUT2D eigenvalue weighted by Crippen LogP contribution is 2.33. The fraction of sp³-hybridized carbons (Fsp3) is 0.281. The number of nitrogens with one attached hydrogen (secondary N) is 2. The minimum atomic E-state index is 0.0140. The lowest BCUT2D eigenvalue weighted by Crippen LogP contribution is -2.33. The van der Waals surface area contributed by atoms with Crippen LogP contribution in [0.15, 0.2) is 84.0 Å². The number of aromatic nitrogens is 1. The van der Waals surface area contributed by atoms with Crippen molar-refractivity contribution in [1.82, 2.24) is 15.6 Å². The average molecular weight is 487 g/mol. The average Bonchev–Trinajstić information content (AvgIpc) is 3.56. The standard InChI is InChI=1S/C32H30N4O/c37-32-27-13-10-23(16-26(27)19-34-32)24-11-15-29-30(17-24)36-31(35-29)25-12-14-28(33-18-25)22-8-6-21(7-9-22)20-4-2-1-3-5-20/h6-18,20,29-30H,1-5,19H2,(H,34,37)(H,35,36). The van der Waals surface area contributed by atoms with Crippen LogP contribution >= 0.6 is 0 Å². The lowest BCUT2D eigenvalue weighted by molar-refractivity contribution is 0.0965. The van der Waals surface area contributed by atoms with E-state index in [1.165, 1.54) is 37.7 Å². The monoisotopic (exact) mass is 486 g/mol. The number of amides is 1. The third-order valence-corrected chi connectivity index (χ3v) is 8.23. The van der Waals surface area contributed by atoms with Crippen molar-refractivity contribution < 1.29 is 4.79 Å². The molecule has 3 heterocycles. The van der Waals surface area contributed by atoms with Gasteiger partial charge in [0.2, 0.25) is 0 Å². The number of fused-ring (bicyclic) bond motifs is 2. The van der Waals surface area contributed by atoms with E-state index in [0.717, 1.165) is 50.8 Å². The van der Waals surface area contributed by atoms with Crippen LogP contribution < -0.4 is 10.6 Å². The van der Waals surface area contributed by atoms with Crippen LogP contribution in [0.3, 0.4) is 0 Å². The zero-order valence-corrected chi connectivity index (χ0v) is 20.8. The highest BCUT2D eigenvalue weighted by Gasteiger charge is 2.29.